The molecule has 0 aliphatic carbocycles. The standard InChI is InChI=1S/C17H12F2N2O4S3/c18-16(19)25-12-5-1-10(2-6-12)9-14-15(22)21(17(26)27-14)11-3-7-13(8-4-11)28(20,23)24/h1-9,16H,(H2,20,23,24)/b14-9-. The number of carbonyl (C=O) groups is 1. The van der Waals surface area contributed by atoms with Gasteiger partial charge in [0.2, 0.25) is 10.0 Å². The van der Waals surface area contributed by atoms with Crippen LogP contribution >= 0.6 is 24.0 Å². The summed E-state index contributed by atoms with van der Waals surface area (Å²) in [7, 11) is -3.84. The van der Waals surface area contributed by atoms with Crippen molar-refractivity contribution in [3.63, 3.8) is 0 Å². The molecule has 1 saturated heterocycles. The van der Waals surface area contributed by atoms with Gasteiger partial charge in [-0.05, 0) is 48.0 Å². The number of ether oxygens (including phenoxy) is 1. The molecular weight excluding hydrogens is 430 g/mol. The van der Waals surface area contributed by atoms with Crippen LogP contribution < -0.4 is 14.8 Å². The van der Waals surface area contributed by atoms with Gasteiger partial charge in [0.25, 0.3) is 5.91 Å². The Morgan fingerprint density at radius 3 is 2.25 bits per heavy atom. The molecule has 0 saturated carbocycles. The first kappa shape index (κ1) is 20.4. The molecule has 2 aromatic carbocycles. The highest BCUT2D eigenvalue weighted by molar-refractivity contribution is 8.27. The number of rotatable bonds is 5. The zero-order valence-corrected chi connectivity index (χ0v) is 16.4. The number of hydrogen-bond acceptors (Lipinski definition) is 6. The van der Waals surface area contributed by atoms with Crippen LogP contribution in [0.3, 0.4) is 0 Å². The van der Waals surface area contributed by atoms with Crippen LogP contribution in [0.5, 0.6) is 5.75 Å². The summed E-state index contributed by atoms with van der Waals surface area (Å²) in [5, 5.41) is 5.06. The molecule has 0 unspecified atom stereocenters. The number of sulfonamides is 1. The van der Waals surface area contributed by atoms with Crippen molar-refractivity contribution in [1.82, 2.24) is 0 Å². The largest absolute Gasteiger partial charge is 0.435 e. The topological polar surface area (TPSA) is 89.7 Å². The number of benzene rings is 2. The van der Waals surface area contributed by atoms with Gasteiger partial charge in [-0.3, -0.25) is 9.69 Å². The lowest BCUT2D eigenvalue weighted by molar-refractivity contribution is -0.113. The van der Waals surface area contributed by atoms with Crippen LogP contribution in [0.1, 0.15) is 5.56 Å². The van der Waals surface area contributed by atoms with Gasteiger partial charge in [0, 0.05) is 0 Å². The number of hydrogen-bond donors (Lipinski definition) is 1. The fourth-order valence-corrected chi connectivity index (χ4v) is 4.19. The molecule has 11 heteroatoms. The van der Waals surface area contributed by atoms with Gasteiger partial charge < -0.3 is 4.74 Å². The van der Waals surface area contributed by atoms with Gasteiger partial charge in [-0.15, -0.1) is 0 Å². The monoisotopic (exact) mass is 442 g/mol. The van der Waals surface area contributed by atoms with Crippen LogP contribution in [-0.2, 0) is 14.8 Å². The maximum Gasteiger partial charge on any atom is 0.387 e. The van der Waals surface area contributed by atoms with E-state index in [-0.39, 0.29) is 20.9 Å². The molecule has 3 rings (SSSR count). The van der Waals surface area contributed by atoms with Gasteiger partial charge in [-0.2, -0.15) is 8.78 Å². The third-order valence-corrected chi connectivity index (χ3v) is 5.85. The molecule has 2 N–H and O–H groups in total. The van der Waals surface area contributed by atoms with Crippen molar-refractivity contribution in [1.29, 1.82) is 0 Å². The molecule has 2 aromatic rings. The molecule has 0 atom stereocenters. The Morgan fingerprint density at radius 2 is 1.71 bits per heavy atom. The number of nitrogens with two attached hydrogens (primary N) is 1. The van der Waals surface area contributed by atoms with Crippen LogP contribution in [0.4, 0.5) is 14.5 Å². The molecule has 0 bridgehead atoms. The second kappa shape index (κ2) is 7.95. The fraction of sp³-hybridized carbons (Fsp3) is 0.0588. The predicted molar refractivity (Wildman–Crippen MR) is 107 cm³/mol. The second-order valence-electron chi connectivity index (χ2n) is 5.50. The van der Waals surface area contributed by atoms with E-state index in [1.807, 2.05) is 0 Å². The summed E-state index contributed by atoms with van der Waals surface area (Å²) in [5.74, 6) is -0.374. The maximum atomic E-state index is 12.7. The second-order valence-corrected chi connectivity index (χ2v) is 8.74. The smallest absolute Gasteiger partial charge is 0.387 e. The zero-order valence-electron chi connectivity index (χ0n) is 13.9. The van der Waals surface area contributed by atoms with Crippen LogP contribution in [0, 0.1) is 0 Å². The van der Waals surface area contributed by atoms with Crippen molar-refractivity contribution in [2.24, 2.45) is 5.14 Å². The molecule has 146 valence electrons. The Bertz CT molecular complexity index is 1050. The van der Waals surface area contributed by atoms with Crippen LogP contribution in [-0.4, -0.2) is 25.3 Å². The predicted octanol–water partition coefficient (Wildman–Crippen LogP) is 3.34. The summed E-state index contributed by atoms with van der Waals surface area (Å²) < 4.78 is 51.6. The summed E-state index contributed by atoms with van der Waals surface area (Å²) in [6.07, 6.45) is 1.57. The van der Waals surface area contributed by atoms with Gasteiger partial charge in [-0.1, -0.05) is 36.1 Å². The van der Waals surface area contributed by atoms with Gasteiger partial charge >= 0.3 is 6.61 Å². The highest BCUT2D eigenvalue weighted by Crippen LogP contribution is 2.36. The first-order chi connectivity index (χ1) is 13.1. The number of halogens is 2. The number of amides is 1. The molecule has 6 nitrogen and oxygen atoms in total. The van der Waals surface area contributed by atoms with E-state index in [4.69, 9.17) is 17.4 Å². The zero-order chi connectivity index (χ0) is 20.5. The van der Waals surface area contributed by atoms with Crippen molar-refractivity contribution < 1.29 is 26.7 Å². The third kappa shape index (κ3) is 4.55. The number of primary sulfonamides is 1. The first-order valence-corrected chi connectivity index (χ1v) is 10.4. The Kier molecular flexibility index (Phi) is 5.79. The molecule has 1 heterocycles. The molecule has 1 aliphatic rings. The number of thiocarbonyl (C=S) groups is 1. The normalized spacial score (nSPS) is 16.3. The van der Waals surface area contributed by atoms with Crippen LogP contribution in [0.2, 0.25) is 0 Å². The van der Waals surface area contributed by atoms with E-state index in [2.05, 4.69) is 4.74 Å². The number of thioether (sulfide) groups is 1. The molecule has 0 aromatic heterocycles. The lowest BCUT2D eigenvalue weighted by Gasteiger charge is -2.14. The van der Waals surface area contributed by atoms with E-state index in [0.717, 1.165) is 11.8 Å². The highest BCUT2D eigenvalue weighted by atomic mass is 32.2. The van der Waals surface area contributed by atoms with Crippen molar-refractivity contribution in [3.05, 3.63) is 59.0 Å². The minimum atomic E-state index is -3.84. The van der Waals surface area contributed by atoms with Gasteiger partial charge in [0.05, 0.1) is 15.5 Å². The molecule has 1 aliphatic heterocycles. The molecule has 28 heavy (non-hydrogen) atoms. The minimum absolute atomic E-state index is 0.00893. The average Bonchev–Trinajstić information content (AvgIpc) is 2.89. The Hall–Kier alpha value is -2.34. The first-order valence-electron chi connectivity index (χ1n) is 7.61. The average molecular weight is 442 g/mol. The summed E-state index contributed by atoms with van der Waals surface area (Å²) in [5.41, 5.74) is 1.01. The molecule has 0 radical (unpaired) electrons. The van der Waals surface area contributed by atoms with Crippen molar-refractivity contribution in [2.45, 2.75) is 11.5 Å². The van der Waals surface area contributed by atoms with Gasteiger partial charge in [-0.25, -0.2) is 13.6 Å². The molecule has 1 fully saturated rings. The van der Waals surface area contributed by atoms with Crippen molar-refractivity contribution in [3.8, 4) is 5.75 Å². The number of anilines is 1. The molecular formula is C17H12F2N2O4S3. The van der Waals surface area contributed by atoms with E-state index in [1.165, 1.54) is 53.4 Å². The van der Waals surface area contributed by atoms with E-state index in [0.29, 0.717) is 16.2 Å². The van der Waals surface area contributed by atoms with E-state index in [1.54, 1.807) is 6.08 Å². The number of carbonyl (C=O) groups excluding carboxylic acids is 1. The third-order valence-electron chi connectivity index (χ3n) is 3.62. The van der Waals surface area contributed by atoms with Crippen molar-refractivity contribution in [2.75, 3.05) is 4.90 Å². The Labute approximate surface area is 169 Å². The minimum Gasteiger partial charge on any atom is -0.435 e. The molecule has 0 spiro atoms. The van der Waals surface area contributed by atoms with E-state index < -0.39 is 16.6 Å². The lowest BCUT2D eigenvalue weighted by Crippen LogP contribution is -2.27. The summed E-state index contributed by atoms with van der Waals surface area (Å²) >= 11 is 6.32. The van der Waals surface area contributed by atoms with Crippen molar-refractivity contribution >= 4 is 56.0 Å². The Morgan fingerprint density at radius 1 is 1.11 bits per heavy atom. The summed E-state index contributed by atoms with van der Waals surface area (Å²) in [6, 6.07) is 11.2. The van der Waals surface area contributed by atoms with E-state index in [9.17, 15) is 22.0 Å². The summed E-state index contributed by atoms with van der Waals surface area (Å²) in [4.78, 5) is 14.2. The van der Waals surface area contributed by atoms with Crippen LogP contribution in [0.15, 0.2) is 58.3 Å². The number of alkyl halides is 2. The maximum absolute atomic E-state index is 12.7. The Balaban J connectivity index is 1.82. The fourth-order valence-electron chi connectivity index (χ4n) is 2.37. The van der Waals surface area contributed by atoms with Gasteiger partial charge in [0.15, 0.2) is 4.32 Å². The summed E-state index contributed by atoms with van der Waals surface area (Å²) in [6.45, 7) is -2.91. The SMILES string of the molecule is NS(=O)(=O)c1ccc(N2C(=O)/C(=C/c3ccc(OC(F)F)cc3)SC2=S)cc1. The van der Waals surface area contributed by atoms with Gasteiger partial charge in [0.1, 0.15) is 5.75 Å². The lowest BCUT2D eigenvalue weighted by atomic mass is 10.2. The van der Waals surface area contributed by atoms with E-state index >= 15 is 0 Å². The van der Waals surface area contributed by atoms with Crippen LogP contribution in [0.25, 0.3) is 6.08 Å². The number of nitrogens with zero attached hydrogens (tertiary/aromatic N) is 1. The quantitative estimate of drug-likeness (QED) is 0.564. The highest BCUT2D eigenvalue weighted by Gasteiger charge is 2.33. The molecule has 1 amide bonds.